The van der Waals surface area contributed by atoms with Gasteiger partial charge in [0.1, 0.15) is 5.75 Å². The summed E-state index contributed by atoms with van der Waals surface area (Å²) in [6.07, 6.45) is 3.35. The summed E-state index contributed by atoms with van der Waals surface area (Å²) in [7, 11) is 1.68. The maximum Gasteiger partial charge on any atom is 0.127 e. The van der Waals surface area contributed by atoms with Crippen LogP contribution in [0.25, 0.3) is 0 Å². The van der Waals surface area contributed by atoms with E-state index in [9.17, 15) is 5.11 Å². The van der Waals surface area contributed by atoms with Crippen LogP contribution in [0.2, 0.25) is 0 Å². The number of hydrogen-bond acceptors (Lipinski definition) is 3. The lowest BCUT2D eigenvalue weighted by atomic mass is 10.00. The van der Waals surface area contributed by atoms with Crippen molar-refractivity contribution in [2.75, 3.05) is 26.7 Å². The van der Waals surface area contributed by atoms with Crippen LogP contribution < -0.4 is 4.74 Å². The molecule has 1 fully saturated rings. The number of β-amino-alcohol motifs (C(OH)–C–C–N with tert-alkyl or cyclic N) is 1. The Morgan fingerprint density at radius 3 is 2.53 bits per heavy atom. The van der Waals surface area contributed by atoms with Crippen molar-refractivity contribution in [3.8, 4) is 5.75 Å². The summed E-state index contributed by atoms with van der Waals surface area (Å²) < 4.78 is 5.46. The third kappa shape index (κ3) is 3.48. The summed E-state index contributed by atoms with van der Waals surface area (Å²) in [5, 5.41) is 10.5. The average molecular weight is 263 g/mol. The number of likely N-dealkylation sites (tertiary alicyclic amines) is 1. The summed E-state index contributed by atoms with van der Waals surface area (Å²) >= 11 is 0. The molecule has 106 valence electrons. The molecule has 2 rings (SSSR count). The molecule has 0 radical (unpaired) electrons. The predicted octanol–water partition coefficient (Wildman–Crippen LogP) is 2.83. The van der Waals surface area contributed by atoms with Crippen LogP contribution in [-0.4, -0.2) is 36.8 Å². The molecule has 1 atom stereocenters. The van der Waals surface area contributed by atoms with Gasteiger partial charge in [-0.2, -0.15) is 0 Å². The van der Waals surface area contributed by atoms with E-state index >= 15 is 0 Å². The predicted molar refractivity (Wildman–Crippen MR) is 77.7 cm³/mol. The van der Waals surface area contributed by atoms with Crippen LogP contribution in [0.4, 0.5) is 0 Å². The van der Waals surface area contributed by atoms with Gasteiger partial charge in [-0.25, -0.2) is 0 Å². The van der Waals surface area contributed by atoms with E-state index in [1.165, 1.54) is 24.8 Å². The average Bonchev–Trinajstić information content (AvgIpc) is 2.39. The van der Waals surface area contributed by atoms with Gasteiger partial charge in [-0.15, -0.1) is 0 Å². The van der Waals surface area contributed by atoms with Gasteiger partial charge in [-0.05, 0) is 51.4 Å². The number of hydrogen-bond donors (Lipinski definition) is 1. The van der Waals surface area contributed by atoms with E-state index in [-0.39, 0.29) is 0 Å². The molecule has 0 aromatic heterocycles. The van der Waals surface area contributed by atoms with Gasteiger partial charge >= 0.3 is 0 Å². The van der Waals surface area contributed by atoms with Crippen molar-refractivity contribution in [3.05, 3.63) is 28.8 Å². The van der Waals surface area contributed by atoms with Crippen molar-refractivity contribution >= 4 is 0 Å². The molecule has 0 saturated carbocycles. The maximum atomic E-state index is 10.5. The Morgan fingerprint density at radius 2 is 1.89 bits per heavy atom. The van der Waals surface area contributed by atoms with Crippen molar-refractivity contribution in [3.63, 3.8) is 0 Å². The van der Waals surface area contributed by atoms with E-state index < -0.39 is 6.10 Å². The highest BCUT2D eigenvalue weighted by molar-refractivity contribution is 5.45. The third-order valence-electron chi connectivity index (χ3n) is 3.89. The molecule has 0 spiro atoms. The van der Waals surface area contributed by atoms with Crippen LogP contribution in [0, 0.1) is 13.8 Å². The maximum absolute atomic E-state index is 10.5. The summed E-state index contributed by atoms with van der Waals surface area (Å²) in [6, 6.07) is 4.14. The lowest BCUT2D eigenvalue weighted by Gasteiger charge is -2.29. The number of aliphatic hydroxyl groups is 1. The molecule has 1 saturated heterocycles. The number of ether oxygens (including phenoxy) is 1. The Bertz CT molecular complexity index is 425. The van der Waals surface area contributed by atoms with Gasteiger partial charge in [0.05, 0.1) is 13.2 Å². The summed E-state index contributed by atoms with van der Waals surface area (Å²) in [4.78, 5) is 2.35. The molecule has 1 aliphatic rings. The van der Waals surface area contributed by atoms with Crippen molar-refractivity contribution in [2.24, 2.45) is 0 Å². The fourth-order valence-corrected chi connectivity index (χ4v) is 3.00. The lowest BCUT2D eigenvalue weighted by Crippen LogP contribution is -2.33. The SMILES string of the molecule is COc1c(C)cc(C)cc1C(O)CN1CCCCC1. The minimum atomic E-state index is -0.466. The topological polar surface area (TPSA) is 32.7 Å². The third-order valence-corrected chi connectivity index (χ3v) is 3.89. The molecular weight excluding hydrogens is 238 g/mol. The van der Waals surface area contributed by atoms with Crippen LogP contribution >= 0.6 is 0 Å². The van der Waals surface area contributed by atoms with Crippen molar-refractivity contribution in [1.82, 2.24) is 4.90 Å². The number of benzene rings is 1. The second-order valence-electron chi connectivity index (χ2n) is 5.58. The number of aliphatic hydroxyl groups excluding tert-OH is 1. The minimum absolute atomic E-state index is 0.466. The van der Waals surface area contributed by atoms with Gasteiger partial charge in [0.15, 0.2) is 0 Å². The van der Waals surface area contributed by atoms with Gasteiger partial charge < -0.3 is 14.7 Å². The molecule has 1 heterocycles. The van der Waals surface area contributed by atoms with E-state index in [1.807, 2.05) is 13.0 Å². The largest absolute Gasteiger partial charge is 0.496 e. The fourth-order valence-electron chi connectivity index (χ4n) is 3.00. The zero-order valence-electron chi connectivity index (χ0n) is 12.3. The Kier molecular flexibility index (Phi) is 4.83. The van der Waals surface area contributed by atoms with Crippen LogP contribution in [0.5, 0.6) is 5.75 Å². The molecular formula is C16H25NO2. The number of rotatable bonds is 4. The first kappa shape index (κ1) is 14.4. The summed E-state index contributed by atoms with van der Waals surface area (Å²) in [5.74, 6) is 0.829. The molecule has 1 N–H and O–H groups in total. The Morgan fingerprint density at radius 1 is 1.21 bits per heavy atom. The Balaban J connectivity index is 2.15. The van der Waals surface area contributed by atoms with Crippen molar-refractivity contribution < 1.29 is 9.84 Å². The van der Waals surface area contributed by atoms with Gasteiger partial charge in [-0.1, -0.05) is 18.1 Å². The molecule has 0 aliphatic carbocycles. The minimum Gasteiger partial charge on any atom is -0.496 e. The van der Waals surface area contributed by atoms with Gasteiger partial charge in [-0.3, -0.25) is 0 Å². The Hall–Kier alpha value is -1.06. The zero-order valence-corrected chi connectivity index (χ0v) is 12.3. The smallest absolute Gasteiger partial charge is 0.127 e. The standard InChI is InChI=1S/C16H25NO2/c1-12-9-13(2)16(19-3)14(10-12)15(18)11-17-7-5-4-6-8-17/h9-10,15,18H,4-8,11H2,1-3H3. The second kappa shape index (κ2) is 6.40. The monoisotopic (exact) mass is 263 g/mol. The van der Waals surface area contributed by atoms with Crippen LogP contribution in [0.15, 0.2) is 12.1 Å². The molecule has 3 heteroatoms. The normalized spacial score (nSPS) is 18.3. The molecule has 1 unspecified atom stereocenters. The number of aryl methyl sites for hydroxylation is 2. The molecule has 1 aromatic rings. The second-order valence-corrected chi connectivity index (χ2v) is 5.58. The summed E-state index contributed by atoms with van der Waals surface area (Å²) in [5.41, 5.74) is 3.19. The van der Waals surface area contributed by atoms with E-state index in [1.54, 1.807) is 7.11 Å². The van der Waals surface area contributed by atoms with Crippen LogP contribution in [0.1, 0.15) is 42.1 Å². The molecule has 1 aromatic carbocycles. The van der Waals surface area contributed by atoms with E-state index in [2.05, 4.69) is 17.9 Å². The first-order chi connectivity index (χ1) is 9.11. The molecule has 1 aliphatic heterocycles. The van der Waals surface area contributed by atoms with Crippen molar-refractivity contribution in [1.29, 1.82) is 0 Å². The van der Waals surface area contributed by atoms with Gasteiger partial charge in [0.25, 0.3) is 0 Å². The fraction of sp³-hybridized carbons (Fsp3) is 0.625. The Labute approximate surface area is 116 Å². The van der Waals surface area contributed by atoms with E-state index in [4.69, 9.17) is 4.74 Å². The number of nitrogens with zero attached hydrogens (tertiary/aromatic N) is 1. The number of methoxy groups -OCH3 is 1. The molecule has 0 bridgehead atoms. The van der Waals surface area contributed by atoms with Crippen molar-refractivity contribution in [2.45, 2.75) is 39.2 Å². The molecule has 19 heavy (non-hydrogen) atoms. The van der Waals surface area contributed by atoms with E-state index in [0.717, 1.165) is 30.0 Å². The molecule has 3 nitrogen and oxygen atoms in total. The quantitative estimate of drug-likeness (QED) is 0.906. The highest BCUT2D eigenvalue weighted by atomic mass is 16.5. The number of piperidine rings is 1. The van der Waals surface area contributed by atoms with E-state index in [0.29, 0.717) is 6.54 Å². The van der Waals surface area contributed by atoms with Crippen LogP contribution in [-0.2, 0) is 0 Å². The first-order valence-electron chi connectivity index (χ1n) is 7.17. The lowest BCUT2D eigenvalue weighted by molar-refractivity contribution is 0.0993. The highest BCUT2D eigenvalue weighted by Crippen LogP contribution is 2.31. The highest BCUT2D eigenvalue weighted by Gasteiger charge is 2.20. The van der Waals surface area contributed by atoms with Gasteiger partial charge in [0, 0.05) is 12.1 Å². The van der Waals surface area contributed by atoms with Gasteiger partial charge in [0.2, 0.25) is 0 Å². The summed E-state index contributed by atoms with van der Waals surface area (Å²) in [6.45, 7) is 7.00. The molecule has 0 amide bonds. The zero-order chi connectivity index (χ0) is 13.8. The first-order valence-corrected chi connectivity index (χ1v) is 7.17. The van der Waals surface area contributed by atoms with Crippen LogP contribution in [0.3, 0.4) is 0 Å².